The van der Waals surface area contributed by atoms with Gasteiger partial charge in [0.25, 0.3) is 0 Å². The number of rotatable bonds is 5. The largest absolute Gasteiger partial charge is 0.345 e. The van der Waals surface area contributed by atoms with Crippen molar-refractivity contribution in [3.05, 3.63) is 48.0 Å². The molecule has 2 N–H and O–H groups in total. The fourth-order valence-corrected chi connectivity index (χ4v) is 2.54. The van der Waals surface area contributed by atoms with Crippen molar-refractivity contribution in [2.75, 3.05) is 20.1 Å². The summed E-state index contributed by atoms with van der Waals surface area (Å²) in [4.78, 5) is 14.2. The van der Waals surface area contributed by atoms with Crippen LogP contribution in [0.3, 0.4) is 0 Å². The van der Waals surface area contributed by atoms with E-state index in [1.54, 1.807) is 4.90 Å². The monoisotopic (exact) mass is 320 g/mol. The Bertz CT molecular complexity index is 635. The molecule has 1 amide bonds. The number of nitrogens with zero attached hydrogens (tertiary/aromatic N) is 1. The normalized spacial score (nSPS) is 11.1. The Morgan fingerprint density at radius 3 is 2.45 bits per heavy atom. The van der Waals surface area contributed by atoms with Crippen molar-refractivity contribution < 1.29 is 4.79 Å². The Hall–Kier alpha value is -1.58. The average Bonchev–Trinajstić information content (AvgIpc) is 2.47. The van der Waals surface area contributed by atoms with E-state index in [4.69, 9.17) is 5.73 Å². The van der Waals surface area contributed by atoms with E-state index in [1.807, 2.05) is 31.3 Å². The Kier molecular flexibility index (Phi) is 6.39. The van der Waals surface area contributed by atoms with E-state index in [-0.39, 0.29) is 23.7 Å². The van der Waals surface area contributed by atoms with Gasteiger partial charge in [-0.15, -0.1) is 12.4 Å². The van der Waals surface area contributed by atoms with Crippen molar-refractivity contribution in [1.29, 1.82) is 0 Å². The van der Waals surface area contributed by atoms with Gasteiger partial charge < -0.3 is 10.6 Å². The molecular weight excluding hydrogens is 296 g/mol. The highest BCUT2D eigenvalue weighted by Gasteiger charge is 2.21. The van der Waals surface area contributed by atoms with Crippen LogP contribution in [0.2, 0.25) is 0 Å². The molecule has 0 radical (unpaired) electrons. The van der Waals surface area contributed by atoms with Gasteiger partial charge in [0.1, 0.15) is 0 Å². The summed E-state index contributed by atoms with van der Waals surface area (Å²) >= 11 is 0. The van der Waals surface area contributed by atoms with Crippen molar-refractivity contribution in [2.45, 2.75) is 20.3 Å². The SMILES string of the molecule is CN(CC(C)(C)CN)C(=O)Cc1cccc2ccccc12.Cl. The predicted molar refractivity (Wildman–Crippen MR) is 95.4 cm³/mol. The third-order valence-corrected chi connectivity index (χ3v) is 3.87. The molecule has 0 aliphatic rings. The van der Waals surface area contributed by atoms with Gasteiger partial charge in [-0.1, -0.05) is 56.3 Å². The number of nitrogens with two attached hydrogens (primary N) is 1. The van der Waals surface area contributed by atoms with Crippen LogP contribution in [0.4, 0.5) is 0 Å². The second kappa shape index (κ2) is 7.61. The highest BCUT2D eigenvalue weighted by molar-refractivity contribution is 5.90. The van der Waals surface area contributed by atoms with Gasteiger partial charge in [-0.25, -0.2) is 0 Å². The van der Waals surface area contributed by atoms with Gasteiger partial charge in [0.05, 0.1) is 6.42 Å². The Balaban J connectivity index is 0.00000242. The first-order valence-corrected chi connectivity index (χ1v) is 7.34. The molecule has 0 bridgehead atoms. The maximum atomic E-state index is 12.4. The zero-order chi connectivity index (χ0) is 15.5. The first-order valence-electron chi connectivity index (χ1n) is 7.34. The van der Waals surface area contributed by atoms with Crippen LogP contribution in [-0.2, 0) is 11.2 Å². The molecule has 120 valence electrons. The zero-order valence-electron chi connectivity index (χ0n) is 13.5. The number of hydrogen-bond donors (Lipinski definition) is 1. The summed E-state index contributed by atoms with van der Waals surface area (Å²) in [6, 6.07) is 14.3. The van der Waals surface area contributed by atoms with E-state index in [2.05, 4.69) is 32.0 Å². The number of hydrogen-bond acceptors (Lipinski definition) is 2. The zero-order valence-corrected chi connectivity index (χ0v) is 14.3. The molecule has 22 heavy (non-hydrogen) atoms. The summed E-state index contributed by atoms with van der Waals surface area (Å²) in [6.45, 7) is 5.40. The standard InChI is InChI=1S/C18H24N2O.ClH/c1-18(2,12-19)13-20(3)17(21)11-15-9-6-8-14-7-4-5-10-16(14)15;/h4-10H,11-13,19H2,1-3H3;1H. The molecule has 0 saturated carbocycles. The first-order chi connectivity index (χ1) is 9.93. The van der Waals surface area contributed by atoms with Crippen LogP contribution in [0.5, 0.6) is 0 Å². The second-order valence-electron chi connectivity index (χ2n) is 6.43. The molecule has 2 rings (SSSR count). The highest BCUT2D eigenvalue weighted by Crippen LogP contribution is 2.20. The first kappa shape index (κ1) is 18.5. The Morgan fingerprint density at radius 1 is 1.14 bits per heavy atom. The minimum atomic E-state index is -0.0524. The van der Waals surface area contributed by atoms with E-state index in [9.17, 15) is 4.79 Å². The molecule has 0 unspecified atom stereocenters. The molecule has 3 nitrogen and oxygen atoms in total. The summed E-state index contributed by atoms with van der Waals surface area (Å²) in [5, 5.41) is 2.33. The van der Waals surface area contributed by atoms with Crippen LogP contribution in [-0.4, -0.2) is 30.9 Å². The van der Waals surface area contributed by atoms with Crippen molar-refractivity contribution in [1.82, 2.24) is 4.90 Å². The lowest BCUT2D eigenvalue weighted by Gasteiger charge is -2.29. The highest BCUT2D eigenvalue weighted by atomic mass is 35.5. The van der Waals surface area contributed by atoms with Gasteiger partial charge in [-0.05, 0) is 28.3 Å². The molecule has 2 aromatic rings. The van der Waals surface area contributed by atoms with E-state index < -0.39 is 0 Å². The third-order valence-electron chi connectivity index (χ3n) is 3.87. The number of carbonyl (C=O) groups is 1. The molecule has 0 aliphatic carbocycles. The van der Waals surface area contributed by atoms with Crippen LogP contribution in [0, 0.1) is 5.41 Å². The van der Waals surface area contributed by atoms with E-state index in [0.29, 0.717) is 19.5 Å². The van der Waals surface area contributed by atoms with Crippen molar-refractivity contribution in [3.8, 4) is 0 Å². The molecule has 0 fully saturated rings. The third kappa shape index (κ3) is 4.46. The fraction of sp³-hybridized carbons (Fsp3) is 0.389. The fourth-order valence-electron chi connectivity index (χ4n) is 2.54. The van der Waals surface area contributed by atoms with Gasteiger partial charge in [-0.3, -0.25) is 4.79 Å². The summed E-state index contributed by atoms with van der Waals surface area (Å²) in [5.41, 5.74) is 6.77. The lowest BCUT2D eigenvalue weighted by molar-refractivity contribution is -0.130. The number of halogens is 1. The summed E-state index contributed by atoms with van der Waals surface area (Å²) in [7, 11) is 1.85. The Labute approximate surface area is 138 Å². The molecule has 4 heteroatoms. The minimum absolute atomic E-state index is 0. The van der Waals surface area contributed by atoms with Crippen molar-refractivity contribution >= 4 is 29.1 Å². The number of carbonyl (C=O) groups excluding carboxylic acids is 1. The topological polar surface area (TPSA) is 46.3 Å². The molecule has 0 aliphatic heterocycles. The Morgan fingerprint density at radius 2 is 1.77 bits per heavy atom. The van der Waals surface area contributed by atoms with Crippen LogP contribution in [0.25, 0.3) is 10.8 Å². The number of amides is 1. The van der Waals surface area contributed by atoms with Crippen molar-refractivity contribution in [3.63, 3.8) is 0 Å². The minimum Gasteiger partial charge on any atom is -0.345 e. The van der Waals surface area contributed by atoms with Crippen LogP contribution in [0.15, 0.2) is 42.5 Å². The van der Waals surface area contributed by atoms with Crippen LogP contribution < -0.4 is 5.73 Å². The maximum Gasteiger partial charge on any atom is 0.226 e. The lowest BCUT2D eigenvalue weighted by atomic mass is 9.93. The van der Waals surface area contributed by atoms with Crippen LogP contribution in [0.1, 0.15) is 19.4 Å². The lowest BCUT2D eigenvalue weighted by Crippen LogP contribution is -2.40. The summed E-state index contributed by atoms with van der Waals surface area (Å²) in [5.74, 6) is 0.132. The number of fused-ring (bicyclic) bond motifs is 1. The number of benzene rings is 2. The summed E-state index contributed by atoms with van der Waals surface area (Å²) in [6.07, 6.45) is 0.429. The molecule has 0 spiro atoms. The van der Waals surface area contributed by atoms with Gasteiger partial charge in [0, 0.05) is 13.6 Å². The molecule has 0 heterocycles. The maximum absolute atomic E-state index is 12.4. The van der Waals surface area contributed by atoms with E-state index in [0.717, 1.165) is 10.9 Å². The molecule has 2 aromatic carbocycles. The number of likely N-dealkylation sites (N-methyl/N-ethyl adjacent to an activating group) is 1. The predicted octanol–water partition coefficient (Wildman–Crippen LogP) is 3.25. The van der Waals surface area contributed by atoms with Gasteiger partial charge in [0.2, 0.25) is 5.91 Å². The molecule has 0 saturated heterocycles. The second-order valence-corrected chi connectivity index (χ2v) is 6.43. The molecule has 0 atom stereocenters. The van der Waals surface area contributed by atoms with Crippen LogP contribution >= 0.6 is 12.4 Å². The quantitative estimate of drug-likeness (QED) is 0.919. The molecular formula is C18H25ClN2O. The van der Waals surface area contributed by atoms with E-state index in [1.165, 1.54) is 5.39 Å². The average molecular weight is 321 g/mol. The van der Waals surface area contributed by atoms with Gasteiger partial charge in [-0.2, -0.15) is 0 Å². The smallest absolute Gasteiger partial charge is 0.226 e. The molecule has 0 aromatic heterocycles. The van der Waals surface area contributed by atoms with E-state index >= 15 is 0 Å². The van der Waals surface area contributed by atoms with Gasteiger partial charge in [0.15, 0.2) is 0 Å². The summed E-state index contributed by atoms with van der Waals surface area (Å²) < 4.78 is 0. The van der Waals surface area contributed by atoms with Crippen molar-refractivity contribution in [2.24, 2.45) is 11.1 Å². The van der Waals surface area contributed by atoms with Gasteiger partial charge >= 0.3 is 0 Å².